The molecule has 0 aliphatic carbocycles. The number of benzene rings is 2. The van der Waals surface area contributed by atoms with Crippen LogP contribution in [-0.2, 0) is 11.0 Å². The highest BCUT2D eigenvalue weighted by atomic mass is 79.9. The summed E-state index contributed by atoms with van der Waals surface area (Å²) in [6.45, 7) is 0. The molecule has 0 spiro atoms. The lowest BCUT2D eigenvalue weighted by molar-refractivity contribution is -0.138. The van der Waals surface area contributed by atoms with Crippen LogP contribution in [0.2, 0.25) is 0 Å². The van der Waals surface area contributed by atoms with Gasteiger partial charge in [-0.2, -0.15) is 13.2 Å². The van der Waals surface area contributed by atoms with Crippen molar-refractivity contribution in [1.29, 1.82) is 0 Å². The van der Waals surface area contributed by atoms with Crippen molar-refractivity contribution >= 4 is 44.9 Å². The van der Waals surface area contributed by atoms with Gasteiger partial charge in [-0.25, -0.2) is 0 Å². The molecule has 5 nitrogen and oxygen atoms in total. The van der Waals surface area contributed by atoms with Crippen LogP contribution in [0, 0.1) is 0 Å². The molecule has 1 aliphatic rings. The highest BCUT2D eigenvalue weighted by molar-refractivity contribution is 9.10. The van der Waals surface area contributed by atoms with Crippen molar-refractivity contribution < 1.29 is 32.2 Å². The Kier molecular flexibility index (Phi) is 5.71. The molecule has 0 saturated carbocycles. The molecule has 2 aromatic rings. The van der Waals surface area contributed by atoms with Crippen molar-refractivity contribution in [2.24, 2.45) is 0 Å². The molecular weight excluding hydrogens is 463 g/mol. The van der Waals surface area contributed by atoms with E-state index in [1.165, 1.54) is 43.5 Å². The van der Waals surface area contributed by atoms with Gasteiger partial charge in [-0.15, -0.1) is 0 Å². The van der Waals surface area contributed by atoms with Gasteiger partial charge in [0.25, 0.3) is 11.1 Å². The summed E-state index contributed by atoms with van der Waals surface area (Å²) in [5.41, 5.74) is -0.420. The molecule has 146 valence electrons. The fraction of sp³-hybridized carbons (Fsp3) is 0.111. The predicted octanol–water partition coefficient (Wildman–Crippen LogP) is 5.59. The number of methoxy groups -OCH3 is 1. The van der Waals surface area contributed by atoms with E-state index in [0.29, 0.717) is 5.56 Å². The van der Waals surface area contributed by atoms with Crippen molar-refractivity contribution in [3.05, 3.63) is 56.9 Å². The average Bonchev–Trinajstić information content (AvgIpc) is 2.93. The predicted molar refractivity (Wildman–Crippen MR) is 101 cm³/mol. The lowest BCUT2D eigenvalue weighted by Crippen LogP contribution is -2.17. The quantitative estimate of drug-likeness (QED) is 0.586. The van der Waals surface area contributed by atoms with Gasteiger partial charge < -0.3 is 9.47 Å². The number of carbonyl (C=O) groups is 2. The van der Waals surface area contributed by atoms with Crippen LogP contribution in [0.4, 0.5) is 18.0 Å². The van der Waals surface area contributed by atoms with E-state index >= 15 is 0 Å². The van der Waals surface area contributed by atoms with Crippen LogP contribution in [0.3, 0.4) is 0 Å². The van der Waals surface area contributed by atoms with E-state index in [0.717, 1.165) is 17.8 Å². The van der Waals surface area contributed by atoms with Gasteiger partial charge in [0.2, 0.25) is 0 Å². The van der Waals surface area contributed by atoms with Crippen LogP contribution in [0.15, 0.2) is 45.8 Å². The highest BCUT2D eigenvalue weighted by Gasteiger charge is 2.35. The summed E-state index contributed by atoms with van der Waals surface area (Å²) in [6.07, 6.45) is -3.13. The molecule has 0 radical (unpaired) electrons. The third kappa shape index (κ3) is 4.50. The van der Waals surface area contributed by atoms with Gasteiger partial charge in [-0.1, -0.05) is 22.0 Å². The number of imide groups is 1. The van der Waals surface area contributed by atoms with E-state index in [4.69, 9.17) is 9.47 Å². The number of nitrogens with one attached hydrogen (secondary N) is 1. The number of amides is 2. The van der Waals surface area contributed by atoms with E-state index in [-0.39, 0.29) is 26.6 Å². The molecule has 1 N–H and O–H groups in total. The van der Waals surface area contributed by atoms with Crippen molar-refractivity contribution in [3.8, 4) is 17.2 Å². The molecule has 1 aliphatic heterocycles. The topological polar surface area (TPSA) is 64.6 Å². The number of halogens is 4. The Labute approximate surface area is 170 Å². The first-order valence-electron chi connectivity index (χ1n) is 7.65. The smallest absolute Gasteiger partial charge is 0.420 e. The lowest BCUT2D eigenvalue weighted by Gasteiger charge is -2.16. The molecule has 2 aromatic carbocycles. The molecule has 0 aromatic heterocycles. The maximum Gasteiger partial charge on any atom is 0.420 e. The van der Waals surface area contributed by atoms with Crippen LogP contribution >= 0.6 is 27.7 Å². The Morgan fingerprint density at radius 3 is 2.39 bits per heavy atom. The zero-order valence-electron chi connectivity index (χ0n) is 14.1. The number of carbonyl (C=O) groups excluding carboxylic acids is 2. The van der Waals surface area contributed by atoms with Gasteiger partial charge in [0.05, 0.1) is 17.6 Å². The molecule has 1 fully saturated rings. The molecule has 1 saturated heterocycles. The third-order valence-corrected chi connectivity index (χ3v) is 4.90. The zero-order chi connectivity index (χ0) is 20.5. The van der Waals surface area contributed by atoms with Gasteiger partial charge in [-0.3, -0.25) is 14.9 Å². The van der Waals surface area contributed by atoms with Gasteiger partial charge in [-0.05, 0) is 53.7 Å². The summed E-state index contributed by atoms with van der Waals surface area (Å²) in [7, 11) is 1.34. The van der Waals surface area contributed by atoms with Gasteiger partial charge >= 0.3 is 6.18 Å². The Bertz CT molecular complexity index is 991. The molecule has 1 heterocycles. The maximum absolute atomic E-state index is 13.3. The summed E-state index contributed by atoms with van der Waals surface area (Å²) in [5, 5.41) is 1.66. The molecule has 0 unspecified atom stereocenters. The summed E-state index contributed by atoms with van der Waals surface area (Å²) in [4.78, 5) is 23.0. The van der Waals surface area contributed by atoms with Crippen LogP contribution in [0.25, 0.3) is 6.08 Å². The summed E-state index contributed by atoms with van der Waals surface area (Å²) in [5.74, 6) is -0.660. The van der Waals surface area contributed by atoms with E-state index in [9.17, 15) is 22.8 Å². The largest absolute Gasteiger partial charge is 0.493 e. The summed E-state index contributed by atoms with van der Waals surface area (Å²) < 4.78 is 50.7. The Balaban J connectivity index is 1.94. The first-order chi connectivity index (χ1) is 13.2. The first-order valence-corrected chi connectivity index (χ1v) is 9.26. The monoisotopic (exact) mass is 473 g/mol. The minimum Gasteiger partial charge on any atom is -0.493 e. The average molecular weight is 474 g/mol. The van der Waals surface area contributed by atoms with Crippen LogP contribution in [0.5, 0.6) is 17.2 Å². The molecule has 2 amide bonds. The number of alkyl halides is 3. The minimum atomic E-state index is -4.60. The number of rotatable bonds is 4. The molecule has 0 atom stereocenters. The number of ether oxygens (including phenoxy) is 2. The number of hydrogen-bond donors (Lipinski definition) is 1. The summed E-state index contributed by atoms with van der Waals surface area (Å²) >= 11 is 3.77. The van der Waals surface area contributed by atoms with Gasteiger partial charge in [0.15, 0.2) is 11.5 Å². The molecule has 28 heavy (non-hydrogen) atoms. The van der Waals surface area contributed by atoms with Crippen molar-refractivity contribution in [3.63, 3.8) is 0 Å². The van der Waals surface area contributed by atoms with Crippen molar-refractivity contribution in [2.45, 2.75) is 6.18 Å². The van der Waals surface area contributed by atoms with Gasteiger partial charge in [0, 0.05) is 4.47 Å². The Morgan fingerprint density at radius 1 is 1.07 bits per heavy atom. The fourth-order valence-electron chi connectivity index (χ4n) is 2.36. The molecule has 0 bridgehead atoms. The second kappa shape index (κ2) is 7.88. The van der Waals surface area contributed by atoms with Crippen molar-refractivity contribution in [1.82, 2.24) is 5.32 Å². The fourth-order valence-corrected chi connectivity index (χ4v) is 3.41. The zero-order valence-corrected chi connectivity index (χ0v) is 16.5. The third-order valence-electron chi connectivity index (χ3n) is 3.59. The van der Waals surface area contributed by atoms with E-state index < -0.39 is 22.9 Å². The van der Waals surface area contributed by atoms with E-state index in [1.54, 1.807) is 0 Å². The number of thioether (sulfide) groups is 1. The molecule has 10 heteroatoms. The highest BCUT2D eigenvalue weighted by Crippen LogP contribution is 2.42. The van der Waals surface area contributed by atoms with E-state index in [1.807, 2.05) is 0 Å². The van der Waals surface area contributed by atoms with E-state index in [2.05, 4.69) is 21.2 Å². The molecular formula is C18H11BrF3NO4S. The number of hydrogen-bond acceptors (Lipinski definition) is 5. The van der Waals surface area contributed by atoms with Crippen LogP contribution < -0.4 is 14.8 Å². The Hall–Kier alpha value is -2.46. The molecule has 3 rings (SSSR count). The maximum atomic E-state index is 13.3. The minimum absolute atomic E-state index is 0.0667. The van der Waals surface area contributed by atoms with Crippen LogP contribution in [0.1, 0.15) is 11.1 Å². The Morgan fingerprint density at radius 2 is 1.79 bits per heavy atom. The summed E-state index contributed by atoms with van der Waals surface area (Å²) in [6, 6.07) is 8.01. The van der Waals surface area contributed by atoms with Gasteiger partial charge in [0.1, 0.15) is 5.75 Å². The lowest BCUT2D eigenvalue weighted by atomic mass is 10.1. The first kappa shape index (κ1) is 20.3. The van der Waals surface area contributed by atoms with Crippen molar-refractivity contribution in [2.75, 3.05) is 7.11 Å². The van der Waals surface area contributed by atoms with Crippen LogP contribution in [-0.4, -0.2) is 18.3 Å². The normalized spacial score (nSPS) is 15.7. The second-order valence-corrected chi connectivity index (χ2v) is 7.43. The standard InChI is InChI=1S/C18H11BrF3NO4S/c1-26-14-6-9(7-15-16(24)23-17(25)28-15)2-4-13(14)27-12-5-3-10(19)8-11(12)18(20,21)22/h2-8H,1H3,(H,23,24,25)/b15-7+. The SMILES string of the molecule is COc1cc(/C=C2/SC(=O)NC2=O)ccc1Oc1ccc(Br)cc1C(F)(F)F. The second-order valence-electron chi connectivity index (χ2n) is 5.50.